The Bertz CT molecular complexity index is 577. The Kier molecular flexibility index (Phi) is 5.19. The standard InChI is InChI=1S/C15H21FN2O5/c1-14(2,3)22-12(20)18(13(21)23-15(4,5)6)11-7-9(16)10(19)8-17-11/h7-8,19H,1-6H3. The molecule has 0 aliphatic rings. The van der Waals surface area contributed by atoms with Crippen molar-refractivity contribution < 1.29 is 28.6 Å². The van der Waals surface area contributed by atoms with E-state index in [2.05, 4.69) is 4.98 Å². The third kappa shape index (κ3) is 5.72. The normalized spacial score (nSPS) is 11.8. The summed E-state index contributed by atoms with van der Waals surface area (Å²) in [7, 11) is 0. The second kappa shape index (κ2) is 6.39. The van der Waals surface area contributed by atoms with Gasteiger partial charge >= 0.3 is 12.2 Å². The van der Waals surface area contributed by atoms with Crippen molar-refractivity contribution in [3.63, 3.8) is 0 Å². The van der Waals surface area contributed by atoms with E-state index in [4.69, 9.17) is 9.47 Å². The summed E-state index contributed by atoms with van der Waals surface area (Å²) in [6.45, 7) is 9.68. The topological polar surface area (TPSA) is 89.0 Å². The lowest BCUT2D eigenvalue weighted by molar-refractivity contribution is 0.0429. The minimum absolute atomic E-state index is 0.358. The summed E-state index contributed by atoms with van der Waals surface area (Å²) >= 11 is 0. The van der Waals surface area contributed by atoms with Gasteiger partial charge in [-0.25, -0.2) is 19.0 Å². The van der Waals surface area contributed by atoms with Crippen molar-refractivity contribution >= 4 is 18.0 Å². The van der Waals surface area contributed by atoms with Gasteiger partial charge in [0, 0.05) is 6.07 Å². The van der Waals surface area contributed by atoms with Crippen LogP contribution in [0.1, 0.15) is 41.5 Å². The first-order valence-corrected chi connectivity index (χ1v) is 6.91. The SMILES string of the molecule is CC(C)(C)OC(=O)N(C(=O)OC(C)(C)C)c1cc(F)c(O)cn1. The van der Waals surface area contributed by atoms with Gasteiger partial charge in [0.2, 0.25) is 0 Å². The number of amides is 2. The number of rotatable bonds is 1. The number of hydrogen-bond acceptors (Lipinski definition) is 6. The van der Waals surface area contributed by atoms with E-state index in [9.17, 15) is 19.1 Å². The molecule has 1 heterocycles. The third-order valence-electron chi connectivity index (χ3n) is 2.20. The highest BCUT2D eigenvalue weighted by atomic mass is 19.1. The molecule has 128 valence electrons. The number of imide groups is 1. The maximum absolute atomic E-state index is 13.5. The minimum atomic E-state index is -1.07. The molecule has 7 nitrogen and oxygen atoms in total. The number of pyridine rings is 1. The number of aromatic nitrogens is 1. The molecule has 0 aliphatic heterocycles. The maximum Gasteiger partial charge on any atom is 0.425 e. The summed E-state index contributed by atoms with van der Waals surface area (Å²) < 4.78 is 23.8. The molecule has 8 heteroatoms. The molecule has 0 aromatic carbocycles. The van der Waals surface area contributed by atoms with E-state index < -0.39 is 35.0 Å². The number of aromatic hydroxyl groups is 1. The molecule has 2 amide bonds. The average molecular weight is 328 g/mol. The van der Waals surface area contributed by atoms with Crippen LogP contribution in [-0.2, 0) is 9.47 Å². The largest absolute Gasteiger partial charge is 0.504 e. The summed E-state index contributed by atoms with van der Waals surface area (Å²) in [5, 5.41) is 9.19. The van der Waals surface area contributed by atoms with E-state index in [0.717, 1.165) is 12.3 Å². The first kappa shape index (κ1) is 18.7. The molecule has 1 rings (SSSR count). The predicted molar refractivity (Wildman–Crippen MR) is 80.8 cm³/mol. The zero-order chi connectivity index (χ0) is 18.0. The number of halogens is 1. The van der Waals surface area contributed by atoms with Crippen LogP contribution in [0.15, 0.2) is 12.3 Å². The smallest absolute Gasteiger partial charge is 0.425 e. The van der Waals surface area contributed by atoms with Gasteiger partial charge in [0.05, 0.1) is 6.20 Å². The molecular formula is C15H21FN2O5. The molecule has 1 aromatic rings. The second-order valence-electron chi connectivity index (χ2n) is 6.79. The lowest BCUT2D eigenvalue weighted by atomic mass is 10.2. The van der Waals surface area contributed by atoms with Crippen molar-refractivity contribution in [1.29, 1.82) is 0 Å². The van der Waals surface area contributed by atoms with E-state index in [1.807, 2.05) is 0 Å². The van der Waals surface area contributed by atoms with Crippen LogP contribution in [-0.4, -0.2) is 33.5 Å². The number of nitrogens with zero attached hydrogens (tertiary/aromatic N) is 2. The van der Waals surface area contributed by atoms with Gasteiger partial charge in [-0.05, 0) is 41.5 Å². The molecule has 0 aliphatic carbocycles. The third-order valence-corrected chi connectivity index (χ3v) is 2.20. The van der Waals surface area contributed by atoms with Crippen molar-refractivity contribution in [3.8, 4) is 5.75 Å². The number of carbonyl (C=O) groups is 2. The quantitative estimate of drug-likeness (QED) is 0.847. The van der Waals surface area contributed by atoms with Gasteiger partial charge in [-0.1, -0.05) is 0 Å². The van der Waals surface area contributed by atoms with Crippen LogP contribution in [0.3, 0.4) is 0 Å². The average Bonchev–Trinajstić information content (AvgIpc) is 2.29. The van der Waals surface area contributed by atoms with Gasteiger partial charge in [-0.15, -0.1) is 0 Å². The molecule has 1 aromatic heterocycles. The molecule has 0 radical (unpaired) electrons. The van der Waals surface area contributed by atoms with Gasteiger partial charge in [0.1, 0.15) is 11.2 Å². The molecular weight excluding hydrogens is 307 g/mol. The maximum atomic E-state index is 13.5. The molecule has 0 bridgehead atoms. The Morgan fingerprint density at radius 3 is 1.87 bits per heavy atom. The van der Waals surface area contributed by atoms with Crippen LogP contribution < -0.4 is 4.90 Å². The molecule has 0 saturated heterocycles. The Labute approximate surface area is 134 Å². The molecule has 0 atom stereocenters. The fraction of sp³-hybridized carbons (Fsp3) is 0.533. The lowest BCUT2D eigenvalue weighted by Gasteiger charge is -2.28. The van der Waals surface area contributed by atoms with E-state index in [1.54, 1.807) is 41.5 Å². The summed E-state index contributed by atoms with van der Waals surface area (Å²) in [6, 6.07) is 0.739. The molecule has 0 saturated carbocycles. The zero-order valence-electron chi connectivity index (χ0n) is 14.0. The fourth-order valence-corrected chi connectivity index (χ4v) is 1.41. The second-order valence-corrected chi connectivity index (χ2v) is 6.79. The van der Waals surface area contributed by atoms with Crippen LogP contribution in [0.4, 0.5) is 19.8 Å². The summed E-state index contributed by atoms with van der Waals surface area (Å²) in [5.41, 5.74) is -1.76. The number of hydrogen-bond donors (Lipinski definition) is 1. The molecule has 1 N–H and O–H groups in total. The van der Waals surface area contributed by atoms with Crippen molar-refractivity contribution in [2.24, 2.45) is 0 Å². The first-order chi connectivity index (χ1) is 10.3. The molecule has 0 unspecified atom stereocenters. The molecule has 0 fully saturated rings. The summed E-state index contributed by atoms with van der Waals surface area (Å²) in [6.07, 6.45) is -1.35. The minimum Gasteiger partial charge on any atom is -0.504 e. The highest BCUT2D eigenvalue weighted by Crippen LogP contribution is 2.23. The summed E-state index contributed by atoms with van der Waals surface area (Å²) in [5.74, 6) is -2.10. The lowest BCUT2D eigenvalue weighted by Crippen LogP contribution is -2.44. The summed E-state index contributed by atoms with van der Waals surface area (Å²) in [4.78, 5) is 28.7. The number of carbonyl (C=O) groups excluding carboxylic acids is 2. The number of ether oxygens (including phenoxy) is 2. The van der Waals surface area contributed by atoms with Gasteiger partial charge in [0.25, 0.3) is 0 Å². The van der Waals surface area contributed by atoms with Gasteiger partial charge in [-0.3, -0.25) is 0 Å². The first-order valence-electron chi connectivity index (χ1n) is 6.91. The Balaban J connectivity index is 3.22. The van der Waals surface area contributed by atoms with Crippen molar-refractivity contribution in [2.75, 3.05) is 4.90 Å². The monoisotopic (exact) mass is 328 g/mol. The highest BCUT2D eigenvalue weighted by Gasteiger charge is 2.33. The Morgan fingerprint density at radius 1 is 1.09 bits per heavy atom. The van der Waals surface area contributed by atoms with Crippen LogP contribution in [0.25, 0.3) is 0 Å². The van der Waals surface area contributed by atoms with Crippen molar-refractivity contribution in [1.82, 2.24) is 4.98 Å². The zero-order valence-corrected chi connectivity index (χ0v) is 14.0. The van der Waals surface area contributed by atoms with Gasteiger partial charge in [0.15, 0.2) is 17.4 Å². The van der Waals surface area contributed by atoms with Gasteiger partial charge < -0.3 is 14.6 Å². The van der Waals surface area contributed by atoms with Crippen LogP contribution >= 0.6 is 0 Å². The Hall–Kier alpha value is -2.38. The van der Waals surface area contributed by atoms with Crippen LogP contribution in [0.5, 0.6) is 5.75 Å². The van der Waals surface area contributed by atoms with Crippen molar-refractivity contribution in [2.45, 2.75) is 52.7 Å². The number of anilines is 1. The van der Waals surface area contributed by atoms with E-state index in [1.165, 1.54) is 0 Å². The van der Waals surface area contributed by atoms with E-state index >= 15 is 0 Å². The van der Waals surface area contributed by atoms with E-state index in [-0.39, 0.29) is 5.82 Å². The fourth-order valence-electron chi connectivity index (χ4n) is 1.41. The molecule has 23 heavy (non-hydrogen) atoms. The van der Waals surface area contributed by atoms with Gasteiger partial charge in [-0.2, -0.15) is 4.90 Å². The predicted octanol–water partition coefficient (Wildman–Crippen LogP) is 3.60. The Morgan fingerprint density at radius 2 is 1.52 bits per heavy atom. The van der Waals surface area contributed by atoms with Crippen LogP contribution in [0, 0.1) is 5.82 Å². The van der Waals surface area contributed by atoms with Crippen molar-refractivity contribution in [3.05, 3.63) is 18.1 Å². The van der Waals surface area contributed by atoms with Crippen LogP contribution in [0.2, 0.25) is 0 Å². The molecule has 0 spiro atoms. The van der Waals surface area contributed by atoms with E-state index in [0.29, 0.717) is 4.90 Å². The highest BCUT2D eigenvalue weighted by molar-refractivity contribution is 6.08.